The third-order valence-electron chi connectivity index (χ3n) is 2.99. The number of hydrogen-bond acceptors (Lipinski definition) is 1. The molecule has 0 radical (unpaired) electrons. The lowest BCUT2D eigenvalue weighted by atomic mass is 10.0. The Bertz CT molecular complexity index is 683. The summed E-state index contributed by atoms with van der Waals surface area (Å²) in [7, 11) is 0. The number of hydrogen-bond donors (Lipinski definition) is 1. The van der Waals surface area contributed by atoms with Crippen LogP contribution in [0.3, 0.4) is 0 Å². The molecule has 0 bridgehead atoms. The lowest BCUT2D eigenvalue weighted by Gasteiger charge is -2.06. The van der Waals surface area contributed by atoms with Crippen LogP contribution in [-0.2, 0) is 0 Å². The van der Waals surface area contributed by atoms with Crippen molar-refractivity contribution in [3.05, 3.63) is 54.1 Å². The SMILES string of the molecule is Cc1ccc2cc3ccccc3c(O)c2c1. The fraction of sp³-hybridized carbons (Fsp3) is 0.0667. The minimum absolute atomic E-state index is 0.386. The molecule has 0 aromatic heterocycles. The van der Waals surface area contributed by atoms with E-state index in [2.05, 4.69) is 18.2 Å². The summed E-state index contributed by atoms with van der Waals surface area (Å²) in [5.74, 6) is 0.386. The molecule has 0 spiro atoms. The fourth-order valence-corrected chi connectivity index (χ4v) is 2.15. The largest absolute Gasteiger partial charge is 0.507 e. The van der Waals surface area contributed by atoms with Crippen molar-refractivity contribution in [1.82, 2.24) is 0 Å². The van der Waals surface area contributed by atoms with E-state index < -0.39 is 0 Å². The number of aryl methyl sites for hydroxylation is 1. The molecule has 0 fully saturated rings. The second kappa shape index (κ2) is 3.24. The summed E-state index contributed by atoms with van der Waals surface area (Å²) in [6.45, 7) is 2.04. The van der Waals surface area contributed by atoms with Gasteiger partial charge >= 0.3 is 0 Å². The first-order valence-corrected chi connectivity index (χ1v) is 5.37. The molecule has 0 aliphatic heterocycles. The molecule has 0 atom stereocenters. The summed E-state index contributed by atoms with van der Waals surface area (Å²) in [5, 5.41) is 14.2. The van der Waals surface area contributed by atoms with Crippen molar-refractivity contribution in [3.8, 4) is 5.75 Å². The predicted molar refractivity (Wildman–Crippen MR) is 67.9 cm³/mol. The van der Waals surface area contributed by atoms with E-state index in [0.29, 0.717) is 5.75 Å². The maximum atomic E-state index is 10.2. The molecule has 0 saturated carbocycles. The summed E-state index contributed by atoms with van der Waals surface area (Å²) in [6.07, 6.45) is 0. The minimum atomic E-state index is 0.386. The summed E-state index contributed by atoms with van der Waals surface area (Å²) in [6, 6.07) is 16.2. The van der Waals surface area contributed by atoms with Crippen LogP contribution < -0.4 is 0 Å². The van der Waals surface area contributed by atoms with Crippen LogP contribution >= 0.6 is 0 Å². The highest BCUT2D eigenvalue weighted by Gasteiger charge is 2.05. The van der Waals surface area contributed by atoms with Crippen LogP contribution in [0.4, 0.5) is 0 Å². The van der Waals surface area contributed by atoms with Crippen LogP contribution in [0.25, 0.3) is 21.5 Å². The van der Waals surface area contributed by atoms with E-state index >= 15 is 0 Å². The zero-order valence-electron chi connectivity index (χ0n) is 9.07. The lowest BCUT2D eigenvalue weighted by molar-refractivity contribution is 0.488. The van der Waals surface area contributed by atoms with Crippen molar-refractivity contribution in [3.63, 3.8) is 0 Å². The number of phenols is 1. The van der Waals surface area contributed by atoms with Crippen molar-refractivity contribution in [2.45, 2.75) is 6.92 Å². The zero-order valence-corrected chi connectivity index (χ0v) is 9.07. The highest BCUT2D eigenvalue weighted by atomic mass is 16.3. The molecule has 1 N–H and O–H groups in total. The molecule has 0 heterocycles. The van der Waals surface area contributed by atoms with E-state index in [9.17, 15) is 5.11 Å². The Labute approximate surface area is 94.0 Å². The number of rotatable bonds is 0. The van der Waals surface area contributed by atoms with Gasteiger partial charge in [-0.3, -0.25) is 0 Å². The molecule has 16 heavy (non-hydrogen) atoms. The molecule has 0 aliphatic rings. The molecule has 1 nitrogen and oxygen atoms in total. The summed E-state index contributed by atoms with van der Waals surface area (Å²) >= 11 is 0. The molecule has 0 saturated heterocycles. The van der Waals surface area contributed by atoms with Crippen LogP contribution in [0.5, 0.6) is 5.75 Å². The summed E-state index contributed by atoms with van der Waals surface area (Å²) < 4.78 is 0. The molecule has 3 aromatic carbocycles. The molecular weight excluding hydrogens is 196 g/mol. The first-order chi connectivity index (χ1) is 7.75. The van der Waals surface area contributed by atoms with Crippen LogP contribution in [0, 0.1) is 6.92 Å². The Morgan fingerprint density at radius 2 is 1.56 bits per heavy atom. The van der Waals surface area contributed by atoms with Gasteiger partial charge in [-0.1, -0.05) is 42.0 Å². The Balaban J connectivity index is 2.56. The Morgan fingerprint density at radius 3 is 2.44 bits per heavy atom. The third-order valence-corrected chi connectivity index (χ3v) is 2.99. The molecule has 3 rings (SSSR count). The Morgan fingerprint density at radius 1 is 0.812 bits per heavy atom. The maximum absolute atomic E-state index is 10.2. The van der Waals surface area contributed by atoms with Gasteiger partial charge in [-0.2, -0.15) is 0 Å². The minimum Gasteiger partial charge on any atom is -0.507 e. The standard InChI is InChI=1S/C15H12O/c1-10-6-7-12-9-11-4-2-3-5-13(11)15(16)14(12)8-10/h2-9,16H,1H3. The molecule has 3 aromatic rings. The highest BCUT2D eigenvalue weighted by Crippen LogP contribution is 2.33. The van der Waals surface area contributed by atoms with Gasteiger partial charge < -0.3 is 5.11 Å². The fourth-order valence-electron chi connectivity index (χ4n) is 2.15. The number of phenolic OH excluding ortho intramolecular Hbond substituents is 1. The molecule has 1 heteroatoms. The van der Waals surface area contributed by atoms with Crippen LogP contribution in [0.15, 0.2) is 48.5 Å². The molecule has 78 valence electrons. The van der Waals surface area contributed by atoms with Gasteiger partial charge in [0, 0.05) is 10.8 Å². The third kappa shape index (κ3) is 1.25. The zero-order chi connectivity index (χ0) is 11.1. The lowest BCUT2D eigenvalue weighted by Crippen LogP contribution is -1.80. The predicted octanol–water partition coefficient (Wildman–Crippen LogP) is 4.01. The summed E-state index contributed by atoms with van der Waals surface area (Å²) in [4.78, 5) is 0. The van der Waals surface area contributed by atoms with Gasteiger partial charge in [0.15, 0.2) is 0 Å². The number of aromatic hydroxyl groups is 1. The topological polar surface area (TPSA) is 20.2 Å². The quantitative estimate of drug-likeness (QED) is 0.553. The van der Waals surface area contributed by atoms with Gasteiger partial charge in [-0.05, 0) is 29.8 Å². The molecule has 0 amide bonds. The number of benzene rings is 3. The van der Waals surface area contributed by atoms with Crippen molar-refractivity contribution >= 4 is 21.5 Å². The van der Waals surface area contributed by atoms with Gasteiger partial charge in [0.05, 0.1) is 0 Å². The maximum Gasteiger partial charge on any atom is 0.131 e. The Hall–Kier alpha value is -2.02. The van der Waals surface area contributed by atoms with Gasteiger partial charge in [-0.15, -0.1) is 0 Å². The number of fused-ring (bicyclic) bond motifs is 2. The Kier molecular flexibility index (Phi) is 1.87. The van der Waals surface area contributed by atoms with E-state index in [1.807, 2.05) is 37.3 Å². The second-order valence-corrected chi connectivity index (χ2v) is 4.17. The molecule has 0 aliphatic carbocycles. The average Bonchev–Trinajstić information content (AvgIpc) is 2.31. The van der Waals surface area contributed by atoms with Crippen molar-refractivity contribution in [2.75, 3.05) is 0 Å². The van der Waals surface area contributed by atoms with E-state index in [-0.39, 0.29) is 0 Å². The smallest absolute Gasteiger partial charge is 0.131 e. The van der Waals surface area contributed by atoms with Crippen LogP contribution in [0.2, 0.25) is 0 Å². The first kappa shape index (κ1) is 9.22. The van der Waals surface area contributed by atoms with Gasteiger partial charge in [-0.25, -0.2) is 0 Å². The van der Waals surface area contributed by atoms with Crippen molar-refractivity contribution < 1.29 is 5.11 Å². The highest BCUT2D eigenvalue weighted by molar-refractivity contribution is 6.05. The normalized spacial score (nSPS) is 11.1. The van der Waals surface area contributed by atoms with Crippen LogP contribution in [-0.4, -0.2) is 5.11 Å². The first-order valence-electron chi connectivity index (χ1n) is 5.37. The second-order valence-electron chi connectivity index (χ2n) is 4.17. The monoisotopic (exact) mass is 208 g/mol. The van der Waals surface area contributed by atoms with Gasteiger partial charge in [0.2, 0.25) is 0 Å². The van der Waals surface area contributed by atoms with E-state index in [1.165, 1.54) is 0 Å². The van der Waals surface area contributed by atoms with Crippen molar-refractivity contribution in [1.29, 1.82) is 0 Å². The van der Waals surface area contributed by atoms with Gasteiger partial charge in [0.25, 0.3) is 0 Å². The molecular formula is C15H12O. The molecule has 0 unspecified atom stereocenters. The summed E-state index contributed by atoms with van der Waals surface area (Å²) in [5.41, 5.74) is 1.16. The average molecular weight is 208 g/mol. The van der Waals surface area contributed by atoms with Crippen LogP contribution in [0.1, 0.15) is 5.56 Å². The van der Waals surface area contributed by atoms with E-state index in [4.69, 9.17) is 0 Å². The van der Waals surface area contributed by atoms with Gasteiger partial charge in [0.1, 0.15) is 5.75 Å². The van der Waals surface area contributed by atoms with Crippen molar-refractivity contribution in [2.24, 2.45) is 0 Å². The van der Waals surface area contributed by atoms with E-state index in [1.54, 1.807) is 0 Å². The van der Waals surface area contributed by atoms with E-state index in [0.717, 1.165) is 27.1 Å².